The van der Waals surface area contributed by atoms with E-state index in [9.17, 15) is 9.65 Å². The lowest BCUT2D eigenvalue weighted by atomic mass is 9.95. The zero-order chi connectivity index (χ0) is 23.7. The van der Waals surface area contributed by atoms with Crippen molar-refractivity contribution in [1.82, 2.24) is 29.5 Å². The molecule has 0 amide bonds. The number of anilines is 1. The molecule has 0 aliphatic rings. The van der Waals surface area contributed by atoms with E-state index in [-0.39, 0.29) is 24.3 Å². The van der Waals surface area contributed by atoms with E-state index in [2.05, 4.69) is 31.1 Å². The van der Waals surface area contributed by atoms with Crippen LogP contribution < -0.4 is 10.5 Å². The van der Waals surface area contributed by atoms with Gasteiger partial charge in [0, 0.05) is 24.2 Å². The van der Waals surface area contributed by atoms with Crippen molar-refractivity contribution >= 4 is 11.6 Å². The van der Waals surface area contributed by atoms with Gasteiger partial charge < -0.3 is 10.5 Å². The average Bonchev–Trinajstić information content (AvgIpc) is 3.29. The number of nitrogen functional groups attached to an aromatic ring is 1. The summed E-state index contributed by atoms with van der Waals surface area (Å²) in [7, 11) is 0. The molecular weight excluding hydrogens is 435 g/mol. The molecule has 5 aromatic rings. The normalized spacial score (nSPS) is 10.9. The number of ether oxygens (including phenoxy) is 1. The lowest BCUT2D eigenvalue weighted by molar-refractivity contribution is 0.271. The van der Waals surface area contributed by atoms with E-state index in [0.717, 1.165) is 11.1 Å². The van der Waals surface area contributed by atoms with Gasteiger partial charge in [-0.3, -0.25) is 9.97 Å². The Labute approximate surface area is 193 Å². The summed E-state index contributed by atoms with van der Waals surface area (Å²) < 4.78 is 20.9. The molecule has 0 atom stereocenters. The highest BCUT2D eigenvalue weighted by Crippen LogP contribution is 2.37. The summed E-state index contributed by atoms with van der Waals surface area (Å²) in [4.78, 5) is 17.3. The van der Waals surface area contributed by atoms with Gasteiger partial charge in [-0.05, 0) is 42.3 Å². The maximum Gasteiger partial charge on any atom is 0.336 e. The van der Waals surface area contributed by atoms with E-state index in [4.69, 9.17) is 10.5 Å². The standard InChI is InChI=1S/C24H17FN8O/c1-14-12-28-10-8-16(14)20-21(17-6-3-2-5-15(17)11-26)30-23(27)33-22(20)31-24(32-33)34-13-19-18(25)7-4-9-29-19/h2-10,12H,13H2,1H3,(H2,27,30). The number of aryl methyl sites for hydroxylation is 1. The lowest BCUT2D eigenvalue weighted by Crippen LogP contribution is -2.07. The molecule has 4 aromatic heterocycles. The van der Waals surface area contributed by atoms with Gasteiger partial charge in [-0.1, -0.05) is 18.2 Å². The Morgan fingerprint density at radius 1 is 1.09 bits per heavy atom. The monoisotopic (exact) mass is 452 g/mol. The number of nitrogens with two attached hydrogens (primary N) is 1. The van der Waals surface area contributed by atoms with Crippen LogP contribution in [0.3, 0.4) is 0 Å². The fraction of sp³-hybridized carbons (Fsp3) is 0.0833. The van der Waals surface area contributed by atoms with Crippen molar-refractivity contribution in [3.63, 3.8) is 0 Å². The number of fused-ring (bicyclic) bond motifs is 1. The van der Waals surface area contributed by atoms with E-state index < -0.39 is 5.82 Å². The third-order valence-electron chi connectivity index (χ3n) is 5.26. The first-order chi connectivity index (χ1) is 16.6. The number of hydrogen-bond donors (Lipinski definition) is 1. The Kier molecular flexibility index (Phi) is 5.27. The molecule has 4 heterocycles. The Hall–Kier alpha value is -4.91. The summed E-state index contributed by atoms with van der Waals surface area (Å²) in [6.45, 7) is 1.75. The minimum atomic E-state index is -0.490. The smallest absolute Gasteiger partial charge is 0.336 e. The fourth-order valence-corrected chi connectivity index (χ4v) is 3.64. The van der Waals surface area contributed by atoms with E-state index in [1.54, 1.807) is 30.6 Å². The number of nitrogens with zero attached hydrogens (tertiary/aromatic N) is 7. The first-order valence-corrected chi connectivity index (χ1v) is 10.3. The van der Waals surface area contributed by atoms with Crippen molar-refractivity contribution in [2.45, 2.75) is 13.5 Å². The van der Waals surface area contributed by atoms with Crippen molar-refractivity contribution < 1.29 is 9.13 Å². The quantitative estimate of drug-likeness (QED) is 0.427. The average molecular weight is 452 g/mol. The predicted molar refractivity (Wildman–Crippen MR) is 122 cm³/mol. The highest BCUT2D eigenvalue weighted by molar-refractivity contribution is 5.93. The van der Waals surface area contributed by atoms with Crippen LogP contribution in [0.15, 0.2) is 61.1 Å². The second kappa shape index (κ2) is 8.55. The third kappa shape index (κ3) is 3.65. The van der Waals surface area contributed by atoms with Crippen LogP contribution in [0.4, 0.5) is 10.3 Å². The van der Waals surface area contributed by atoms with Gasteiger partial charge in [0.25, 0.3) is 0 Å². The maximum absolute atomic E-state index is 14.0. The number of halogens is 1. The first kappa shape index (κ1) is 21.0. The summed E-state index contributed by atoms with van der Waals surface area (Å²) in [6, 6.07) is 13.9. The largest absolute Gasteiger partial charge is 0.456 e. The first-order valence-electron chi connectivity index (χ1n) is 10.3. The van der Waals surface area contributed by atoms with Crippen LogP contribution in [-0.4, -0.2) is 29.5 Å². The van der Waals surface area contributed by atoms with Gasteiger partial charge in [-0.15, -0.1) is 5.10 Å². The molecule has 0 saturated carbocycles. The Balaban J connectivity index is 1.72. The third-order valence-corrected chi connectivity index (χ3v) is 5.26. The summed E-state index contributed by atoms with van der Waals surface area (Å²) in [5.74, 6) is -0.435. The number of nitriles is 1. The number of aromatic nitrogens is 6. The van der Waals surface area contributed by atoms with Crippen molar-refractivity contribution in [2.24, 2.45) is 0 Å². The number of hydrogen-bond acceptors (Lipinski definition) is 8. The van der Waals surface area contributed by atoms with Gasteiger partial charge in [0.05, 0.1) is 22.9 Å². The predicted octanol–water partition coefficient (Wildman–Crippen LogP) is 3.73. The van der Waals surface area contributed by atoms with Gasteiger partial charge in [-0.2, -0.15) is 14.8 Å². The maximum atomic E-state index is 14.0. The molecule has 166 valence electrons. The van der Waals surface area contributed by atoms with Crippen molar-refractivity contribution in [2.75, 3.05) is 5.73 Å². The molecule has 2 N–H and O–H groups in total. The molecule has 0 spiro atoms. The van der Waals surface area contributed by atoms with E-state index in [0.29, 0.717) is 28.0 Å². The topological polar surface area (TPSA) is 128 Å². The van der Waals surface area contributed by atoms with Crippen molar-refractivity contribution in [1.29, 1.82) is 5.26 Å². The molecule has 0 fully saturated rings. The SMILES string of the molecule is Cc1cnccc1-c1c(-c2ccccc2C#N)nc(N)n2nc(OCc3ncccc3F)nc12. The number of pyridine rings is 2. The minimum absolute atomic E-state index is 0.0165. The van der Waals surface area contributed by atoms with Crippen molar-refractivity contribution in [3.8, 4) is 34.5 Å². The molecule has 0 saturated heterocycles. The summed E-state index contributed by atoms with van der Waals surface area (Å²) >= 11 is 0. The molecule has 0 bridgehead atoms. The Morgan fingerprint density at radius 3 is 2.74 bits per heavy atom. The van der Waals surface area contributed by atoms with Crippen LogP contribution in [0.2, 0.25) is 0 Å². The molecule has 5 rings (SSSR count). The fourth-order valence-electron chi connectivity index (χ4n) is 3.64. The highest BCUT2D eigenvalue weighted by atomic mass is 19.1. The summed E-state index contributed by atoms with van der Waals surface area (Å²) in [6.07, 6.45) is 4.86. The highest BCUT2D eigenvalue weighted by Gasteiger charge is 2.23. The summed E-state index contributed by atoms with van der Waals surface area (Å²) in [5, 5.41) is 14.0. The van der Waals surface area contributed by atoms with Gasteiger partial charge in [0.15, 0.2) is 5.65 Å². The molecule has 9 nitrogen and oxygen atoms in total. The lowest BCUT2D eigenvalue weighted by Gasteiger charge is -2.14. The van der Waals surface area contributed by atoms with E-state index >= 15 is 0 Å². The van der Waals surface area contributed by atoms with E-state index in [1.807, 2.05) is 19.1 Å². The van der Waals surface area contributed by atoms with Crippen LogP contribution in [0.25, 0.3) is 28.0 Å². The minimum Gasteiger partial charge on any atom is -0.456 e. The molecule has 10 heteroatoms. The molecular formula is C24H17FN8O. The van der Waals surface area contributed by atoms with E-state index in [1.165, 1.54) is 22.8 Å². The molecule has 34 heavy (non-hydrogen) atoms. The van der Waals surface area contributed by atoms with Gasteiger partial charge in [0.1, 0.15) is 18.1 Å². The molecule has 1 aromatic carbocycles. The van der Waals surface area contributed by atoms with Gasteiger partial charge in [0.2, 0.25) is 5.95 Å². The van der Waals surface area contributed by atoms with Crippen LogP contribution in [0.1, 0.15) is 16.8 Å². The van der Waals surface area contributed by atoms with Crippen LogP contribution in [0.5, 0.6) is 6.01 Å². The molecule has 0 radical (unpaired) electrons. The molecule has 0 aliphatic heterocycles. The van der Waals surface area contributed by atoms with Crippen LogP contribution in [0, 0.1) is 24.1 Å². The summed E-state index contributed by atoms with van der Waals surface area (Å²) in [5.41, 5.74) is 10.5. The van der Waals surface area contributed by atoms with Gasteiger partial charge in [-0.25, -0.2) is 9.37 Å². The number of benzene rings is 1. The molecule has 0 aliphatic carbocycles. The second-order valence-electron chi connectivity index (χ2n) is 7.39. The van der Waals surface area contributed by atoms with Crippen molar-refractivity contribution in [3.05, 3.63) is 83.7 Å². The Morgan fingerprint density at radius 2 is 1.94 bits per heavy atom. The Bertz CT molecular complexity index is 1570. The van der Waals surface area contributed by atoms with Crippen LogP contribution >= 0.6 is 0 Å². The van der Waals surface area contributed by atoms with Crippen LogP contribution in [-0.2, 0) is 6.61 Å². The van der Waals surface area contributed by atoms with Gasteiger partial charge >= 0.3 is 6.01 Å². The second-order valence-corrected chi connectivity index (χ2v) is 7.39. The molecule has 0 unspecified atom stereocenters. The zero-order valence-electron chi connectivity index (χ0n) is 18.0. The number of rotatable bonds is 5. The zero-order valence-corrected chi connectivity index (χ0v) is 18.0.